The SMILES string of the molecule is Cc1cc(C(=O)O)ccc1NC(=O)Nc1cnn(C)c1. The van der Waals surface area contributed by atoms with E-state index in [-0.39, 0.29) is 5.56 Å². The van der Waals surface area contributed by atoms with Crippen molar-refractivity contribution in [3.8, 4) is 0 Å². The van der Waals surface area contributed by atoms with E-state index >= 15 is 0 Å². The normalized spacial score (nSPS) is 10.1. The summed E-state index contributed by atoms with van der Waals surface area (Å²) in [6.07, 6.45) is 3.19. The van der Waals surface area contributed by atoms with Crippen molar-refractivity contribution in [1.29, 1.82) is 0 Å². The molecule has 1 heterocycles. The summed E-state index contributed by atoms with van der Waals surface area (Å²) in [6, 6.07) is 4.09. The van der Waals surface area contributed by atoms with E-state index in [1.807, 2.05) is 0 Å². The number of benzene rings is 1. The van der Waals surface area contributed by atoms with Gasteiger partial charge in [0.05, 0.1) is 17.4 Å². The summed E-state index contributed by atoms with van der Waals surface area (Å²) >= 11 is 0. The van der Waals surface area contributed by atoms with Gasteiger partial charge >= 0.3 is 12.0 Å². The van der Waals surface area contributed by atoms with Gasteiger partial charge in [0, 0.05) is 18.9 Å². The number of carbonyl (C=O) groups excluding carboxylic acids is 1. The van der Waals surface area contributed by atoms with Gasteiger partial charge in [0.25, 0.3) is 0 Å². The maximum Gasteiger partial charge on any atom is 0.335 e. The first-order valence-corrected chi connectivity index (χ1v) is 5.86. The van der Waals surface area contributed by atoms with Crippen LogP contribution in [0.4, 0.5) is 16.2 Å². The highest BCUT2D eigenvalue weighted by molar-refractivity contribution is 6.00. The first-order chi connectivity index (χ1) is 9.45. The third-order valence-corrected chi connectivity index (χ3v) is 2.68. The highest BCUT2D eigenvalue weighted by Crippen LogP contribution is 2.17. The molecule has 0 aliphatic heterocycles. The van der Waals surface area contributed by atoms with Crippen molar-refractivity contribution in [2.24, 2.45) is 7.05 Å². The zero-order valence-corrected chi connectivity index (χ0v) is 11.0. The Labute approximate surface area is 115 Å². The fraction of sp³-hybridized carbons (Fsp3) is 0.154. The van der Waals surface area contributed by atoms with Crippen LogP contribution in [0.5, 0.6) is 0 Å². The van der Waals surface area contributed by atoms with Gasteiger partial charge in [-0.1, -0.05) is 0 Å². The van der Waals surface area contributed by atoms with E-state index in [1.165, 1.54) is 18.3 Å². The number of carboxylic acid groups (broad SMARTS) is 1. The van der Waals surface area contributed by atoms with E-state index in [4.69, 9.17) is 5.11 Å². The number of nitrogens with zero attached hydrogens (tertiary/aromatic N) is 2. The molecule has 0 radical (unpaired) electrons. The topological polar surface area (TPSA) is 96.2 Å². The monoisotopic (exact) mass is 274 g/mol. The molecule has 2 amide bonds. The van der Waals surface area contributed by atoms with Gasteiger partial charge < -0.3 is 15.7 Å². The Kier molecular flexibility index (Phi) is 3.69. The number of hydrogen-bond acceptors (Lipinski definition) is 3. The molecule has 0 saturated heterocycles. The highest BCUT2D eigenvalue weighted by atomic mass is 16.4. The average Bonchev–Trinajstić information content (AvgIpc) is 2.77. The number of carboxylic acids is 1. The van der Waals surface area contributed by atoms with Crippen molar-refractivity contribution in [2.45, 2.75) is 6.92 Å². The Hall–Kier alpha value is -2.83. The van der Waals surface area contributed by atoms with Gasteiger partial charge in [0.1, 0.15) is 0 Å². The van der Waals surface area contributed by atoms with E-state index in [0.717, 1.165) is 0 Å². The van der Waals surface area contributed by atoms with Crippen LogP contribution in [0.1, 0.15) is 15.9 Å². The molecule has 20 heavy (non-hydrogen) atoms. The van der Waals surface area contributed by atoms with Crippen molar-refractivity contribution >= 4 is 23.4 Å². The molecule has 1 aromatic carbocycles. The van der Waals surface area contributed by atoms with Crippen LogP contribution in [0.15, 0.2) is 30.6 Å². The fourth-order valence-corrected chi connectivity index (χ4v) is 1.71. The van der Waals surface area contributed by atoms with E-state index in [1.54, 1.807) is 30.9 Å². The second-order valence-electron chi connectivity index (χ2n) is 4.32. The number of amides is 2. The number of urea groups is 1. The van der Waals surface area contributed by atoms with Gasteiger partial charge in [0.15, 0.2) is 0 Å². The lowest BCUT2D eigenvalue weighted by Crippen LogP contribution is -2.19. The molecule has 0 atom stereocenters. The van der Waals surface area contributed by atoms with E-state index in [2.05, 4.69) is 15.7 Å². The predicted molar refractivity (Wildman–Crippen MR) is 74.0 cm³/mol. The van der Waals surface area contributed by atoms with Crippen molar-refractivity contribution in [3.05, 3.63) is 41.7 Å². The lowest BCUT2D eigenvalue weighted by atomic mass is 10.1. The molecule has 7 heteroatoms. The fourth-order valence-electron chi connectivity index (χ4n) is 1.71. The highest BCUT2D eigenvalue weighted by Gasteiger charge is 2.09. The van der Waals surface area contributed by atoms with Gasteiger partial charge in [-0.3, -0.25) is 4.68 Å². The number of carbonyl (C=O) groups is 2. The second kappa shape index (κ2) is 5.43. The number of rotatable bonds is 3. The number of nitrogens with one attached hydrogen (secondary N) is 2. The van der Waals surface area contributed by atoms with Gasteiger partial charge in [-0.05, 0) is 30.7 Å². The van der Waals surface area contributed by atoms with Crippen LogP contribution in [0, 0.1) is 6.92 Å². The summed E-state index contributed by atoms with van der Waals surface area (Å²) in [5.41, 5.74) is 1.98. The van der Waals surface area contributed by atoms with Crippen molar-refractivity contribution in [2.75, 3.05) is 10.6 Å². The zero-order valence-electron chi connectivity index (χ0n) is 11.0. The lowest BCUT2D eigenvalue weighted by Gasteiger charge is -2.09. The number of aryl methyl sites for hydroxylation is 2. The number of aromatic nitrogens is 2. The largest absolute Gasteiger partial charge is 0.478 e. The summed E-state index contributed by atoms with van der Waals surface area (Å²) in [5, 5.41) is 18.1. The molecule has 0 aliphatic rings. The average molecular weight is 274 g/mol. The van der Waals surface area contributed by atoms with Crippen LogP contribution >= 0.6 is 0 Å². The molecule has 3 N–H and O–H groups in total. The molecule has 1 aromatic heterocycles. The summed E-state index contributed by atoms with van der Waals surface area (Å²) in [4.78, 5) is 22.6. The smallest absolute Gasteiger partial charge is 0.335 e. The molecule has 7 nitrogen and oxygen atoms in total. The number of anilines is 2. The summed E-state index contributed by atoms with van der Waals surface area (Å²) in [6.45, 7) is 1.73. The van der Waals surface area contributed by atoms with E-state index < -0.39 is 12.0 Å². The maximum absolute atomic E-state index is 11.8. The van der Waals surface area contributed by atoms with Crippen LogP contribution in [-0.4, -0.2) is 26.9 Å². The Morgan fingerprint density at radius 1 is 1.30 bits per heavy atom. The van der Waals surface area contributed by atoms with E-state index in [0.29, 0.717) is 16.9 Å². The van der Waals surface area contributed by atoms with Crippen molar-refractivity contribution < 1.29 is 14.7 Å². The molecule has 0 unspecified atom stereocenters. The van der Waals surface area contributed by atoms with Crippen LogP contribution < -0.4 is 10.6 Å². The molecule has 0 saturated carbocycles. The molecule has 2 aromatic rings. The van der Waals surface area contributed by atoms with Crippen LogP contribution in [0.2, 0.25) is 0 Å². The molecule has 2 rings (SSSR count). The molecular weight excluding hydrogens is 260 g/mol. The quantitative estimate of drug-likeness (QED) is 0.798. The van der Waals surface area contributed by atoms with Crippen LogP contribution in [0.3, 0.4) is 0 Å². The van der Waals surface area contributed by atoms with Gasteiger partial charge in [-0.25, -0.2) is 9.59 Å². The van der Waals surface area contributed by atoms with Crippen molar-refractivity contribution in [3.63, 3.8) is 0 Å². The Bertz CT molecular complexity index is 663. The van der Waals surface area contributed by atoms with Crippen LogP contribution in [0.25, 0.3) is 0 Å². The zero-order chi connectivity index (χ0) is 14.7. The molecule has 104 valence electrons. The molecule has 0 fully saturated rings. The molecule has 0 bridgehead atoms. The minimum absolute atomic E-state index is 0.181. The van der Waals surface area contributed by atoms with Crippen LogP contribution in [-0.2, 0) is 7.05 Å². The Morgan fingerprint density at radius 2 is 2.05 bits per heavy atom. The third kappa shape index (κ3) is 3.14. The van der Waals surface area contributed by atoms with Gasteiger partial charge in [0.2, 0.25) is 0 Å². The summed E-state index contributed by atoms with van der Waals surface area (Å²) < 4.78 is 1.57. The molecular formula is C13H14N4O3. The first-order valence-electron chi connectivity index (χ1n) is 5.86. The van der Waals surface area contributed by atoms with Crippen molar-refractivity contribution in [1.82, 2.24) is 9.78 Å². The Balaban J connectivity index is 2.06. The number of aromatic carboxylic acids is 1. The lowest BCUT2D eigenvalue weighted by molar-refractivity contribution is 0.0697. The number of hydrogen-bond donors (Lipinski definition) is 3. The summed E-state index contributed by atoms with van der Waals surface area (Å²) in [7, 11) is 1.75. The van der Waals surface area contributed by atoms with Gasteiger partial charge in [-0.2, -0.15) is 5.10 Å². The second-order valence-corrected chi connectivity index (χ2v) is 4.32. The molecule has 0 spiro atoms. The van der Waals surface area contributed by atoms with E-state index in [9.17, 15) is 9.59 Å². The third-order valence-electron chi connectivity index (χ3n) is 2.68. The standard InChI is InChI=1S/C13H14N4O3/c1-8-5-9(12(18)19)3-4-11(8)16-13(20)15-10-6-14-17(2)7-10/h3-7H,1-2H3,(H,18,19)(H2,15,16,20). The maximum atomic E-state index is 11.8. The first kappa shape index (κ1) is 13.6. The van der Waals surface area contributed by atoms with Gasteiger partial charge in [-0.15, -0.1) is 0 Å². The molecule has 0 aliphatic carbocycles. The Morgan fingerprint density at radius 3 is 2.60 bits per heavy atom. The summed E-state index contributed by atoms with van der Waals surface area (Å²) in [5.74, 6) is -1.00. The predicted octanol–water partition coefficient (Wildman–Crippen LogP) is 2.07. The minimum atomic E-state index is -1.00. The minimum Gasteiger partial charge on any atom is -0.478 e.